The van der Waals surface area contributed by atoms with Crippen LogP contribution >= 0.6 is 0 Å². The fourth-order valence-corrected chi connectivity index (χ4v) is 2.86. The number of benzene rings is 1. The van der Waals surface area contributed by atoms with Gasteiger partial charge in [0, 0.05) is 6.54 Å². The van der Waals surface area contributed by atoms with Crippen molar-refractivity contribution in [3.63, 3.8) is 0 Å². The molecule has 1 aromatic carbocycles. The normalized spacial score (nSPS) is 24.6. The van der Waals surface area contributed by atoms with E-state index in [1.165, 1.54) is 37.5 Å². The summed E-state index contributed by atoms with van der Waals surface area (Å²) in [6.45, 7) is 3.21. The highest BCUT2D eigenvalue weighted by molar-refractivity contribution is 5.22. The molecule has 3 unspecified atom stereocenters. The van der Waals surface area contributed by atoms with Gasteiger partial charge in [-0.1, -0.05) is 25.8 Å². The van der Waals surface area contributed by atoms with Gasteiger partial charge in [0.05, 0.1) is 11.7 Å². The molecule has 3 atom stereocenters. The summed E-state index contributed by atoms with van der Waals surface area (Å²) in [4.78, 5) is 0. The summed E-state index contributed by atoms with van der Waals surface area (Å²) in [6, 6.07) is 3.63. The van der Waals surface area contributed by atoms with E-state index in [1.54, 1.807) is 0 Å². The number of halogens is 2. The average molecular weight is 269 g/mol. The average Bonchev–Trinajstić information content (AvgIpc) is 2.75. The summed E-state index contributed by atoms with van der Waals surface area (Å²) in [5, 5.41) is 13.0. The Morgan fingerprint density at radius 2 is 2.00 bits per heavy atom. The minimum Gasteiger partial charge on any atom is -0.387 e. The van der Waals surface area contributed by atoms with Crippen LogP contribution in [-0.4, -0.2) is 18.2 Å². The number of hydrogen-bond acceptors (Lipinski definition) is 2. The van der Waals surface area contributed by atoms with Crippen LogP contribution in [0.2, 0.25) is 0 Å². The minimum absolute atomic E-state index is 0.182. The molecule has 1 aromatic rings. The molecule has 0 aromatic heterocycles. The molecule has 106 valence electrons. The first-order chi connectivity index (χ1) is 9.09. The summed E-state index contributed by atoms with van der Waals surface area (Å²) in [7, 11) is 0. The van der Waals surface area contributed by atoms with Crippen LogP contribution in [0, 0.1) is 23.5 Å². The zero-order valence-corrected chi connectivity index (χ0v) is 11.2. The first-order valence-electron chi connectivity index (χ1n) is 6.92. The Hall–Kier alpha value is -1.00. The van der Waals surface area contributed by atoms with Gasteiger partial charge in [0.2, 0.25) is 0 Å². The fraction of sp³-hybridized carbons (Fsp3) is 0.600. The highest BCUT2D eigenvalue weighted by Gasteiger charge is 2.23. The molecule has 2 nitrogen and oxygen atoms in total. The molecule has 0 bridgehead atoms. The second-order valence-corrected chi connectivity index (χ2v) is 5.48. The van der Waals surface area contributed by atoms with Crippen molar-refractivity contribution in [2.24, 2.45) is 11.8 Å². The van der Waals surface area contributed by atoms with E-state index >= 15 is 0 Å². The quantitative estimate of drug-likeness (QED) is 0.861. The van der Waals surface area contributed by atoms with E-state index in [4.69, 9.17) is 0 Å². The van der Waals surface area contributed by atoms with Gasteiger partial charge >= 0.3 is 0 Å². The van der Waals surface area contributed by atoms with Crippen LogP contribution < -0.4 is 5.32 Å². The number of nitrogens with one attached hydrogen (secondary N) is 1. The Labute approximate surface area is 112 Å². The highest BCUT2D eigenvalue weighted by atomic mass is 19.1. The maximum atomic E-state index is 13.5. The molecule has 1 aliphatic rings. The van der Waals surface area contributed by atoms with Crippen molar-refractivity contribution in [1.29, 1.82) is 0 Å². The van der Waals surface area contributed by atoms with Crippen LogP contribution in [0.4, 0.5) is 8.78 Å². The van der Waals surface area contributed by atoms with Crippen molar-refractivity contribution in [1.82, 2.24) is 5.32 Å². The van der Waals surface area contributed by atoms with Gasteiger partial charge in [-0.2, -0.15) is 0 Å². The van der Waals surface area contributed by atoms with Crippen LogP contribution in [0.5, 0.6) is 0 Å². The van der Waals surface area contributed by atoms with Crippen molar-refractivity contribution >= 4 is 0 Å². The number of rotatable bonds is 5. The molecular formula is C15H21F2NO. The lowest BCUT2D eigenvalue weighted by Crippen LogP contribution is -2.29. The Balaban J connectivity index is 1.85. The highest BCUT2D eigenvalue weighted by Crippen LogP contribution is 2.30. The van der Waals surface area contributed by atoms with Crippen LogP contribution in [0.25, 0.3) is 0 Å². The van der Waals surface area contributed by atoms with Crippen LogP contribution in [0.15, 0.2) is 18.2 Å². The van der Waals surface area contributed by atoms with E-state index in [1.807, 2.05) is 0 Å². The largest absolute Gasteiger partial charge is 0.387 e. The van der Waals surface area contributed by atoms with Gasteiger partial charge in [-0.05, 0) is 36.9 Å². The lowest BCUT2D eigenvalue weighted by molar-refractivity contribution is 0.162. The number of hydrogen-bond donors (Lipinski definition) is 2. The minimum atomic E-state index is -1.14. The zero-order valence-electron chi connectivity index (χ0n) is 11.2. The lowest BCUT2D eigenvalue weighted by Gasteiger charge is -2.18. The van der Waals surface area contributed by atoms with Crippen LogP contribution in [-0.2, 0) is 0 Å². The molecule has 0 spiro atoms. The van der Waals surface area contributed by atoms with Gasteiger partial charge in [0.15, 0.2) is 0 Å². The van der Waals surface area contributed by atoms with Crippen LogP contribution in [0.1, 0.15) is 37.9 Å². The van der Waals surface area contributed by atoms with Crippen molar-refractivity contribution in [2.75, 3.05) is 13.1 Å². The van der Waals surface area contributed by atoms with E-state index in [-0.39, 0.29) is 12.1 Å². The molecule has 1 aliphatic carbocycles. The van der Waals surface area contributed by atoms with E-state index < -0.39 is 17.7 Å². The molecule has 19 heavy (non-hydrogen) atoms. The summed E-state index contributed by atoms with van der Waals surface area (Å²) in [6.07, 6.45) is 2.55. The molecule has 4 heteroatoms. The molecule has 0 heterocycles. The van der Waals surface area contributed by atoms with Crippen molar-refractivity contribution in [2.45, 2.75) is 32.3 Å². The first kappa shape index (κ1) is 14.4. The third-order valence-corrected chi connectivity index (χ3v) is 4.12. The number of aliphatic hydroxyl groups is 1. The Bertz CT molecular complexity index is 404. The van der Waals surface area contributed by atoms with E-state index in [0.29, 0.717) is 11.8 Å². The summed E-state index contributed by atoms with van der Waals surface area (Å²) < 4.78 is 26.9. The molecule has 0 aliphatic heterocycles. The third-order valence-electron chi connectivity index (χ3n) is 4.12. The second-order valence-electron chi connectivity index (χ2n) is 5.48. The van der Waals surface area contributed by atoms with Crippen LogP contribution in [0.3, 0.4) is 0 Å². The molecule has 0 radical (unpaired) electrons. The predicted octanol–water partition coefficient (Wildman–Crippen LogP) is 3.02. The SMILES string of the molecule is CC1CCCC1CNCC(O)c1c(F)cccc1F. The smallest absolute Gasteiger partial charge is 0.131 e. The zero-order chi connectivity index (χ0) is 13.8. The first-order valence-corrected chi connectivity index (χ1v) is 6.92. The molecular weight excluding hydrogens is 248 g/mol. The van der Waals surface area contributed by atoms with E-state index in [0.717, 1.165) is 6.54 Å². The standard InChI is InChI=1S/C15H21F2NO/c1-10-4-2-5-11(10)8-18-9-14(19)15-12(16)6-3-7-13(15)17/h3,6-7,10-11,14,18-19H,2,4-5,8-9H2,1H3. The summed E-state index contributed by atoms with van der Waals surface area (Å²) >= 11 is 0. The molecule has 2 rings (SSSR count). The number of aliphatic hydroxyl groups excluding tert-OH is 1. The third kappa shape index (κ3) is 3.51. The van der Waals surface area contributed by atoms with Gasteiger partial charge in [0.1, 0.15) is 11.6 Å². The van der Waals surface area contributed by atoms with Gasteiger partial charge in [0.25, 0.3) is 0 Å². The summed E-state index contributed by atoms with van der Waals surface area (Å²) in [5.74, 6) is -0.0837. The molecule has 2 N–H and O–H groups in total. The van der Waals surface area contributed by atoms with Gasteiger partial charge < -0.3 is 10.4 Å². The Morgan fingerprint density at radius 3 is 2.58 bits per heavy atom. The van der Waals surface area contributed by atoms with E-state index in [9.17, 15) is 13.9 Å². The topological polar surface area (TPSA) is 32.3 Å². The van der Waals surface area contributed by atoms with Crippen molar-refractivity contribution < 1.29 is 13.9 Å². The second kappa shape index (κ2) is 6.44. The van der Waals surface area contributed by atoms with Gasteiger partial charge in [-0.15, -0.1) is 0 Å². The Morgan fingerprint density at radius 1 is 1.32 bits per heavy atom. The van der Waals surface area contributed by atoms with Gasteiger partial charge in [-0.25, -0.2) is 8.78 Å². The molecule has 1 saturated carbocycles. The maximum Gasteiger partial charge on any atom is 0.131 e. The van der Waals surface area contributed by atoms with Crippen molar-refractivity contribution in [3.8, 4) is 0 Å². The lowest BCUT2D eigenvalue weighted by atomic mass is 9.98. The van der Waals surface area contributed by atoms with E-state index in [2.05, 4.69) is 12.2 Å². The summed E-state index contributed by atoms with van der Waals surface area (Å²) in [5.41, 5.74) is -0.241. The molecule has 0 amide bonds. The monoisotopic (exact) mass is 269 g/mol. The molecule has 1 fully saturated rings. The fourth-order valence-electron chi connectivity index (χ4n) is 2.86. The van der Waals surface area contributed by atoms with Crippen molar-refractivity contribution in [3.05, 3.63) is 35.4 Å². The Kier molecular flexibility index (Phi) is 4.88. The molecule has 0 saturated heterocycles. The van der Waals surface area contributed by atoms with Gasteiger partial charge in [-0.3, -0.25) is 0 Å². The predicted molar refractivity (Wildman–Crippen MR) is 70.7 cm³/mol. The maximum absolute atomic E-state index is 13.5.